The van der Waals surface area contributed by atoms with E-state index in [1.165, 1.54) is 35.8 Å². The lowest BCUT2D eigenvalue weighted by Crippen LogP contribution is -2.40. The number of carbonyl (C=O) groups excluding carboxylic acids is 1. The van der Waals surface area contributed by atoms with E-state index < -0.39 is 11.2 Å². The van der Waals surface area contributed by atoms with Gasteiger partial charge in [0.25, 0.3) is 5.56 Å². The molecule has 3 rings (SSSR count). The number of nitrogens with one attached hydrogen (secondary N) is 2. The lowest BCUT2D eigenvalue weighted by atomic mass is 10.4. The first-order chi connectivity index (χ1) is 11.0. The van der Waals surface area contributed by atoms with Crippen LogP contribution in [0, 0.1) is 0 Å². The Morgan fingerprint density at radius 2 is 2.17 bits per heavy atom. The summed E-state index contributed by atoms with van der Waals surface area (Å²) in [6, 6.07) is 0. The first kappa shape index (κ1) is 14.9. The zero-order valence-corrected chi connectivity index (χ0v) is 12.6. The molecule has 2 N–H and O–H groups in total. The Hall–Kier alpha value is -3.04. The van der Waals surface area contributed by atoms with Gasteiger partial charge in [-0.15, -0.1) is 0 Å². The molecule has 2 aromatic rings. The summed E-state index contributed by atoms with van der Waals surface area (Å²) in [4.78, 5) is 40.2. The standard InChI is InChI=1S/C13H16N6O4/c1-17-11-10(12(21)18(2)13(17)22)19(7-16-11)6-8(20)15-5-9-14-3-4-23-9/h3-4,7,9,14H,5-6H2,1-2H3,(H,15,20). The molecule has 23 heavy (non-hydrogen) atoms. The fourth-order valence-corrected chi connectivity index (χ4v) is 2.36. The van der Waals surface area contributed by atoms with E-state index in [-0.39, 0.29) is 36.4 Å². The van der Waals surface area contributed by atoms with Crippen molar-refractivity contribution in [2.75, 3.05) is 6.54 Å². The zero-order chi connectivity index (χ0) is 16.6. The van der Waals surface area contributed by atoms with Gasteiger partial charge in [0.1, 0.15) is 12.8 Å². The van der Waals surface area contributed by atoms with Crippen LogP contribution in [0.5, 0.6) is 0 Å². The highest BCUT2D eigenvalue weighted by Gasteiger charge is 2.17. The number of rotatable bonds is 4. The average Bonchev–Trinajstić information content (AvgIpc) is 3.18. The van der Waals surface area contributed by atoms with Crippen molar-refractivity contribution in [2.45, 2.75) is 12.8 Å². The highest BCUT2D eigenvalue weighted by atomic mass is 16.5. The van der Waals surface area contributed by atoms with Crippen molar-refractivity contribution >= 4 is 17.1 Å². The minimum Gasteiger partial charge on any atom is -0.475 e. The molecule has 0 radical (unpaired) electrons. The molecule has 2 aromatic heterocycles. The van der Waals surface area contributed by atoms with Crippen molar-refractivity contribution in [3.63, 3.8) is 0 Å². The summed E-state index contributed by atoms with van der Waals surface area (Å²) < 4.78 is 8.84. The number of amides is 1. The Morgan fingerprint density at radius 3 is 2.87 bits per heavy atom. The van der Waals surface area contributed by atoms with Crippen LogP contribution in [-0.4, -0.2) is 37.4 Å². The molecular weight excluding hydrogens is 304 g/mol. The molecule has 0 spiro atoms. The van der Waals surface area contributed by atoms with E-state index in [4.69, 9.17) is 4.74 Å². The molecule has 0 saturated heterocycles. The first-order valence-corrected chi connectivity index (χ1v) is 6.93. The number of imidazole rings is 1. The van der Waals surface area contributed by atoms with Gasteiger partial charge in [0, 0.05) is 20.3 Å². The molecule has 10 nitrogen and oxygen atoms in total. The van der Waals surface area contributed by atoms with Gasteiger partial charge in [-0.3, -0.25) is 18.7 Å². The van der Waals surface area contributed by atoms with Crippen LogP contribution in [-0.2, 0) is 30.2 Å². The van der Waals surface area contributed by atoms with Crippen LogP contribution < -0.4 is 21.9 Å². The van der Waals surface area contributed by atoms with E-state index in [9.17, 15) is 14.4 Å². The number of fused-ring (bicyclic) bond motifs is 1. The topological polar surface area (TPSA) is 112 Å². The van der Waals surface area contributed by atoms with Gasteiger partial charge in [-0.05, 0) is 0 Å². The molecule has 0 aliphatic carbocycles. The van der Waals surface area contributed by atoms with E-state index in [1.54, 1.807) is 6.20 Å². The van der Waals surface area contributed by atoms with Gasteiger partial charge in [0.2, 0.25) is 5.91 Å². The second kappa shape index (κ2) is 5.63. The van der Waals surface area contributed by atoms with Gasteiger partial charge in [-0.25, -0.2) is 9.78 Å². The van der Waals surface area contributed by atoms with Gasteiger partial charge in [-0.2, -0.15) is 0 Å². The molecule has 0 fully saturated rings. The molecule has 1 aliphatic heterocycles. The van der Waals surface area contributed by atoms with Crippen LogP contribution in [0.25, 0.3) is 11.2 Å². The van der Waals surface area contributed by atoms with E-state index in [1.807, 2.05) is 0 Å². The molecule has 1 amide bonds. The summed E-state index contributed by atoms with van der Waals surface area (Å²) in [6.45, 7) is 0.207. The average molecular weight is 320 g/mol. The largest absolute Gasteiger partial charge is 0.475 e. The lowest BCUT2D eigenvalue weighted by Gasteiger charge is -2.12. The summed E-state index contributed by atoms with van der Waals surface area (Å²) in [7, 11) is 2.91. The Balaban J connectivity index is 1.82. The molecule has 10 heteroatoms. The van der Waals surface area contributed by atoms with E-state index in [0.717, 1.165) is 4.57 Å². The third kappa shape index (κ3) is 2.58. The van der Waals surface area contributed by atoms with Gasteiger partial charge >= 0.3 is 5.69 Å². The Morgan fingerprint density at radius 1 is 1.39 bits per heavy atom. The van der Waals surface area contributed by atoms with Crippen LogP contribution >= 0.6 is 0 Å². The second-order valence-corrected chi connectivity index (χ2v) is 5.15. The molecular formula is C13H16N6O4. The van der Waals surface area contributed by atoms with Crippen molar-refractivity contribution in [1.29, 1.82) is 0 Å². The van der Waals surface area contributed by atoms with E-state index >= 15 is 0 Å². The quantitative estimate of drug-likeness (QED) is 0.672. The molecule has 0 saturated carbocycles. The van der Waals surface area contributed by atoms with E-state index in [0.29, 0.717) is 0 Å². The third-order valence-corrected chi connectivity index (χ3v) is 3.61. The van der Waals surface area contributed by atoms with Gasteiger partial charge < -0.3 is 19.9 Å². The Bertz CT molecular complexity index is 898. The zero-order valence-electron chi connectivity index (χ0n) is 12.6. The Kier molecular flexibility index (Phi) is 3.64. The Labute approximate surface area is 130 Å². The SMILES string of the molecule is Cn1c(=O)c2c(ncn2CC(=O)NCC2NC=CO2)n(C)c1=O. The summed E-state index contributed by atoms with van der Waals surface area (Å²) in [6.07, 6.45) is 4.22. The highest BCUT2D eigenvalue weighted by molar-refractivity contribution is 5.78. The highest BCUT2D eigenvalue weighted by Crippen LogP contribution is 2.05. The number of hydrogen-bond acceptors (Lipinski definition) is 6. The minimum absolute atomic E-state index is 0.0793. The molecule has 0 aromatic carbocycles. The summed E-state index contributed by atoms with van der Waals surface area (Å²) in [5.74, 6) is -0.294. The van der Waals surface area contributed by atoms with Crippen molar-refractivity contribution in [3.8, 4) is 0 Å². The first-order valence-electron chi connectivity index (χ1n) is 6.93. The van der Waals surface area contributed by atoms with Gasteiger partial charge in [-0.1, -0.05) is 0 Å². The van der Waals surface area contributed by atoms with Crippen molar-refractivity contribution in [2.24, 2.45) is 14.1 Å². The van der Waals surface area contributed by atoms with Crippen LogP contribution in [0.1, 0.15) is 0 Å². The van der Waals surface area contributed by atoms with Crippen LogP contribution in [0.3, 0.4) is 0 Å². The maximum Gasteiger partial charge on any atom is 0.332 e. The van der Waals surface area contributed by atoms with Crippen molar-refractivity contribution in [3.05, 3.63) is 39.6 Å². The molecule has 122 valence electrons. The summed E-state index contributed by atoms with van der Waals surface area (Å²) in [5, 5.41) is 5.60. The van der Waals surface area contributed by atoms with Gasteiger partial charge in [0.15, 0.2) is 17.4 Å². The normalized spacial score (nSPS) is 16.3. The smallest absolute Gasteiger partial charge is 0.332 e. The lowest BCUT2D eigenvalue weighted by molar-refractivity contribution is -0.122. The second-order valence-electron chi connectivity index (χ2n) is 5.15. The maximum atomic E-state index is 12.3. The molecule has 0 bridgehead atoms. The number of aromatic nitrogens is 4. The third-order valence-electron chi connectivity index (χ3n) is 3.61. The van der Waals surface area contributed by atoms with Crippen LogP contribution in [0.4, 0.5) is 0 Å². The maximum absolute atomic E-state index is 12.3. The molecule has 1 atom stereocenters. The fourth-order valence-electron chi connectivity index (χ4n) is 2.36. The summed E-state index contributed by atoms with van der Waals surface area (Å²) in [5.41, 5.74) is -0.495. The molecule has 1 aliphatic rings. The predicted molar refractivity (Wildman–Crippen MR) is 80.4 cm³/mol. The predicted octanol–water partition coefficient (Wildman–Crippen LogP) is -2.03. The molecule has 3 heterocycles. The number of carbonyl (C=O) groups is 1. The fraction of sp³-hybridized carbons (Fsp3) is 0.385. The molecule has 1 unspecified atom stereocenters. The summed E-state index contributed by atoms with van der Waals surface area (Å²) >= 11 is 0. The van der Waals surface area contributed by atoms with Crippen LogP contribution in [0.15, 0.2) is 28.4 Å². The van der Waals surface area contributed by atoms with Crippen LogP contribution in [0.2, 0.25) is 0 Å². The van der Waals surface area contributed by atoms with E-state index in [2.05, 4.69) is 15.6 Å². The number of aryl methyl sites for hydroxylation is 1. The number of hydrogen-bond donors (Lipinski definition) is 2. The number of ether oxygens (including phenoxy) is 1. The van der Waals surface area contributed by atoms with Gasteiger partial charge in [0.05, 0.1) is 12.9 Å². The minimum atomic E-state index is -0.488. The monoisotopic (exact) mass is 320 g/mol. The number of nitrogens with zero attached hydrogens (tertiary/aromatic N) is 4. The van der Waals surface area contributed by atoms with Crippen molar-refractivity contribution in [1.82, 2.24) is 29.3 Å². The van der Waals surface area contributed by atoms with Crippen molar-refractivity contribution < 1.29 is 9.53 Å².